The summed E-state index contributed by atoms with van der Waals surface area (Å²) in [5.74, 6) is -1.65. The van der Waals surface area contributed by atoms with Crippen LogP contribution in [-0.2, 0) is 9.53 Å². The molecule has 0 radical (unpaired) electrons. The van der Waals surface area contributed by atoms with Gasteiger partial charge in [-0.2, -0.15) is 0 Å². The molecule has 1 heterocycles. The van der Waals surface area contributed by atoms with Gasteiger partial charge >= 0.3 is 5.97 Å². The highest BCUT2D eigenvalue weighted by Crippen LogP contribution is 2.29. The number of nitro groups is 1. The Morgan fingerprint density at radius 3 is 2.79 bits per heavy atom. The molecule has 0 bridgehead atoms. The van der Waals surface area contributed by atoms with E-state index in [0.29, 0.717) is 10.1 Å². The van der Waals surface area contributed by atoms with E-state index in [-0.39, 0.29) is 17.9 Å². The summed E-state index contributed by atoms with van der Waals surface area (Å²) in [5, 5.41) is 12.7. The van der Waals surface area contributed by atoms with E-state index in [9.17, 15) is 19.7 Å². The number of Topliss-reactive ketones (excluding diaryl/α,β-unsaturated/α-hetero) is 1. The van der Waals surface area contributed by atoms with Gasteiger partial charge in [-0.1, -0.05) is 0 Å². The summed E-state index contributed by atoms with van der Waals surface area (Å²) in [5.41, 5.74) is 0.165. The Morgan fingerprint density at radius 1 is 1.42 bits per heavy atom. The maximum atomic E-state index is 11.8. The van der Waals surface area contributed by atoms with Gasteiger partial charge in [-0.05, 0) is 13.0 Å². The van der Waals surface area contributed by atoms with Crippen LogP contribution in [0.15, 0.2) is 23.6 Å². The summed E-state index contributed by atoms with van der Waals surface area (Å²) in [4.78, 5) is 33.4. The van der Waals surface area contributed by atoms with Crippen LogP contribution in [0, 0.1) is 10.1 Å². The molecule has 0 unspecified atom stereocenters. The van der Waals surface area contributed by atoms with Gasteiger partial charge in [0.05, 0.1) is 11.5 Å². The minimum Gasteiger partial charge on any atom is -0.460 e. The van der Waals surface area contributed by atoms with Crippen LogP contribution in [0.4, 0.5) is 5.69 Å². The Kier molecular flexibility index (Phi) is 3.57. The van der Waals surface area contributed by atoms with Crippen molar-refractivity contribution in [3.63, 3.8) is 0 Å². The number of fused-ring (bicyclic) bond motifs is 1. The van der Waals surface area contributed by atoms with Crippen molar-refractivity contribution >= 4 is 38.9 Å². The fraction of sp³-hybridized carbons (Fsp3) is 0.167. The van der Waals surface area contributed by atoms with Gasteiger partial charge in [0.25, 0.3) is 11.5 Å². The number of nitro benzene ring substituents is 1. The van der Waals surface area contributed by atoms with Gasteiger partial charge in [-0.15, -0.1) is 11.3 Å². The average Bonchev–Trinajstić information content (AvgIpc) is 2.80. The molecule has 0 N–H and O–H groups in total. The van der Waals surface area contributed by atoms with Gasteiger partial charge in [0.2, 0.25) is 0 Å². The predicted octanol–water partition coefficient (Wildman–Crippen LogP) is 2.56. The molecule has 0 saturated carbocycles. The van der Waals surface area contributed by atoms with Crippen molar-refractivity contribution in [1.82, 2.24) is 0 Å². The molecule has 98 valence electrons. The van der Waals surface area contributed by atoms with Crippen LogP contribution in [0.2, 0.25) is 0 Å². The highest BCUT2D eigenvalue weighted by Gasteiger charge is 2.22. The number of nitrogens with zero attached hydrogens (tertiary/aromatic N) is 1. The standard InChI is InChI=1S/C12H9NO5S/c1-2-18-12(15)11(14)9-6-19-10-5-7(13(16)17)3-4-8(9)10/h3-6H,2H2,1H3. The molecular weight excluding hydrogens is 270 g/mol. The zero-order chi connectivity index (χ0) is 14.0. The molecule has 0 spiro atoms. The number of hydrogen-bond acceptors (Lipinski definition) is 6. The number of benzene rings is 1. The quantitative estimate of drug-likeness (QED) is 0.282. The van der Waals surface area contributed by atoms with E-state index in [0.717, 1.165) is 0 Å². The molecule has 2 rings (SSSR count). The highest BCUT2D eigenvalue weighted by atomic mass is 32.1. The van der Waals surface area contributed by atoms with Gasteiger partial charge in [-0.25, -0.2) is 4.79 Å². The van der Waals surface area contributed by atoms with Gasteiger partial charge in [0.15, 0.2) is 0 Å². The van der Waals surface area contributed by atoms with Crippen molar-refractivity contribution in [2.24, 2.45) is 0 Å². The Bertz CT molecular complexity index is 676. The van der Waals surface area contributed by atoms with Crippen LogP contribution in [-0.4, -0.2) is 23.3 Å². The lowest BCUT2D eigenvalue weighted by atomic mass is 10.1. The normalized spacial score (nSPS) is 10.4. The van der Waals surface area contributed by atoms with E-state index in [2.05, 4.69) is 4.74 Å². The first kappa shape index (κ1) is 13.2. The largest absolute Gasteiger partial charge is 0.460 e. The number of ether oxygens (including phenoxy) is 1. The Hall–Kier alpha value is -2.28. The van der Waals surface area contributed by atoms with E-state index in [1.54, 1.807) is 6.92 Å². The molecule has 0 atom stereocenters. The van der Waals surface area contributed by atoms with Crippen LogP contribution < -0.4 is 0 Å². The van der Waals surface area contributed by atoms with Crippen LogP contribution in [0.1, 0.15) is 17.3 Å². The maximum absolute atomic E-state index is 11.8. The summed E-state index contributed by atoms with van der Waals surface area (Å²) < 4.78 is 5.23. The highest BCUT2D eigenvalue weighted by molar-refractivity contribution is 7.17. The third-order valence-electron chi connectivity index (χ3n) is 2.48. The Balaban J connectivity index is 2.44. The minimum absolute atomic E-state index is 0.0514. The summed E-state index contributed by atoms with van der Waals surface area (Å²) in [6.07, 6.45) is 0. The summed E-state index contributed by atoms with van der Waals surface area (Å²) >= 11 is 1.18. The Labute approximate surface area is 111 Å². The van der Waals surface area contributed by atoms with Crippen LogP contribution in [0.25, 0.3) is 10.1 Å². The molecule has 2 aromatic rings. The molecule has 0 amide bonds. The number of carbonyl (C=O) groups is 2. The van der Waals surface area contributed by atoms with Gasteiger partial charge in [0, 0.05) is 33.2 Å². The van der Waals surface area contributed by atoms with Crippen LogP contribution in [0.5, 0.6) is 0 Å². The van der Waals surface area contributed by atoms with E-state index < -0.39 is 16.7 Å². The Morgan fingerprint density at radius 2 is 2.16 bits per heavy atom. The first-order valence-corrected chi connectivity index (χ1v) is 6.29. The second kappa shape index (κ2) is 5.15. The van der Waals surface area contributed by atoms with Gasteiger partial charge in [-0.3, -0.25) is 14.9 Å². The van der Waals surface area contributed by atoms with Gasteiger partial charge < -0.3 is 4.74 Å². The third kappa shape index (κ3) is 2.45. The van der Waals surface area contributed by atoms with E-state index in [4.69, 9.17) is 0 Å². The number of hydrogen-bond donors (Lipinski definition) is 0. The smallest absolute Gasteiger partial charge is 0.379 e. The predicted molar refractivity (Wildman–Crippen MR) is 69.4 cm³/mol. The van der Waals surface area contributed by atoms with Crippen molar-refractivity contribution < 1.29 is 19.2 Å². The monoisotopic (exact) mass is 279 g/mol. The number of thiophene rings is 1. The zero-order valence-electron chi connectivity index (χ0n) is 9.91. The fourth-order valence-electron chi connectivity index (χ4n) is 1.61. The lowest BCUT2D eigenvalue weighted by Gasteiger charge is -1.99. The molecule has 1 aromatic heterocycles. The van der Waals surface area contributed by atoms with Crippen molar-refractivity contribution in [3.05, 3.63) is 39.3 Å². The number of carbonyl (C=O) groups excluding carboxylic acids is 2. The first-order valence-electron chi connectivity index (χ1n) is 5.41. The summed E-state index contributed by atoms with van der Waals surface area (Å²) in [6.45, 7) is 1.73. The molecule has 0 fully saturated rings. The average molecular weight is 279 g/mol. The van der Waals surface area contributed by atoms with Crippen LogP contribution in [0.3, 0.4) is 0 Å². The van der Waals surface area contributed by atoms with E-state index in [1.807, 2.05) is 0 Å². The molecular formula is C12H9NO5S. The molecule has 19 heavy (non-hydrogen) atoms. The molecule has 6 nitrogen and oxygen atoms in total. The molecule has 0 saturated heterocycles. The lowest BCUT2D eigenvalue weighted by Crippen LogP contribution is -2.16. The SMILES string of the molecule is CCOC(=O)C(=O)c1csc2cc([N+](=O)[O-])ccc12. The van der Waals surface area contributed by atoms with Crippen LogP contribution >= 0.6 is 11.3 Å². The number of ketones is 1. The first-order chi connectivity index (χ1) is 9.04. The second-order valence-electron chi connectivity index (χ2n) is 3.64. The zero-order valence-corrected chi connectivity index (χ0v) is 10.7. The molecule has 1 aromatic carbocycles. The molecule has 0 aliphatic carbocycles. The molecule has 0 aliphatic heterocycles. The van der Waals surface area contributed by atoms with Crippen molar-refractivity contribution in [2.75, 3.05) is 6.61 Å². The number of rotatable bonds is 4. The topological polar surface area (TPSA) is 86.5 Å². The molecule has 7 heteroatoms. The fourth-order valence-corrected chi connectivity index (χ4v) is 2.59. The number of non-ortho nitro benzene ring substituents is 1. The summed E-state index contributed by atoms with van der Waals surface area (Å²) in [6, 6.07) is 4.15. The second-order valence-corrected chi connectivity index (χ2v) is 4.55. The minimum atomic E-state index is -0.916. The maximum Gasteiger partial charge on any atom is 0.379 e. The van der Waals surface area contributed by atoms with Crippen molar-refractivity contribution in [3.8, 4) is 0 Å². The van der Waals surface area contributed by atoms with Crippen molar-refractivity contribution in [2.45, 2.75) is 6.92 Å². The third-order valence-corrected chi connectivity index (χ3v) is 3.42. The summed E-state index contributed by atoms with van der Waals surface area (Å²) in [7, 11) is 0. The molecule has 0 aliphatic rings. The lowest BCUT2D eigenvalue weighted by molar-refractivity contribution is -0.384. The van der Waals surface area contributed by atoms with Crippen molar-refractivity contribution in [1.29, 1.82) is 0 Å². The van der Waals surface area contributed by atoms with Gasteiger partial charge in [0.1, 0.15) is 0 Å². The number of esters is 1. The van der Waals surface area contributed by atoms with E-state index >= 15 is 0 Å². The van der Waals surface area contributed by atoms with E-state index in [1.165, 1.54) is 34.9 Å².